The molecule has 10 heteroatoms. The predicted octanol–water partition coefficient (Wildman–Crippen LogP) is 3.68. The van der Waals surface area contributed by atoms with Gasteiger partial charge in [0.25, 0.3) is 0 Å². The Morgan fingerprint density at radius 3 is 2.68 bits per heavy atom. The van der Waals surface area contributed by atoms with E-state index >= 15 is 0 Å². The smallest absolute Gasteiger partial charge is 0.315 e. The molecule has 0 heterocycles. The van der Waals surface area contributed by atoms with Crippen LogP contribution in [0.1, 0.15) is 11.1 Å². The van der Waals surface area contributed by atoms with Crippen molar-refractivity contribution in [2.45, 2.75) is 11.3 Å². The third-order valence-corrected chi connectivity index (χ3v) is 4.75. The van der Waals surface area contributed by atoms with Gasteiger partial charge in [0, 0.05) is 21.5 Å². The van der Waals surface area contributed by atoms with E-state index in [9.17, 15) is 14.9 Å². The Labute approximate surface area is 171 Å². The van der Waals surface area contributed by atoms with E-state index in [4.69, 9.17) is 21.1 Å². The second kappa shape index (κ2) is 9.95. The molecule has 0 saturated carbocycles. The van der Waals surface area contributed by atoms with Crippen LogP contribution in [0.3, 0.4) is 0 Å². The fraction of sp³-hybridized carbons (Fsp3) is 0.222. The summed E-state index contributed by atoms with van der Waals surface area (Å²) in [5.74, 6) is -0.143. The number of hydrogen-bond donors (Lipinski definition) is 1. The molecule has 0 atom stereocenters. The molecule has 0 bridgehead atoms. The number of methoxy groups -OCH3 is 2. The first-order chi connectivity index (χ1) is 13.4. The number of hydrogen-bond acceptors (Lipinski definition) is 7. The monoisotopic (exact) mass is 423 g/mol. The third-order valence-electron chi connectivity index (χ3n) is 3.67. The van der Waals surface area contributed by atoms with Crippen LogP contribution < -0.4 is 14.9 Å². The van der Waals surface area contributed by atoms with Crippen LogP contribution in [0.4, 0.5) is 5.69 Å². The van der Waals surface area contributed by atoms with Crippen molar-refractivity contribution in [1.29, 1.82) is 0 Å². The number of ether oxygens (including phenoxy) is 2. The molecule has 2 aromatic carbocycles. The Balaban J connectivity index is 2.14. The van der Waals surface area contributed by atoms with E-state index in [2.05, 4.69) is 10.5 Å². The summed E-state index contributed by atoms with van der Waals surface area (Å²) in [4.78, 5) is 23.7. The maximum absolute atomic E-state index is 12.2. The van der Waals surface area contributed by atoms with Gasteiger partial charge >= 0.3 is 5.69 Å². The summed E-state index contributed by atoms with van der Waals surface area (Å²) in [6.45, 7) is 0. The number of nitro groups is 1. The minimum atomic E-state index is -0.583. The van der Waals surface area contributed by atoms with Gasteiger partial charge in [-0.25, -0.2) is 5.43 Å². The van der Waals surface area contributed by atoms with E-state index in [1.807, 2.05) is 12.3 Å². The summed E-state index contributed by atoms with van der Waals surface area (Å²) < 4.78 is 10.1. The highest BCUT2D eigenvalue weighted by Crippen LogP contribution is 2.37. The number of nitro benzene ring substituents is 1. The Morgan fingerprint density at radius 2 is 2.07 bits per heavy atom. The van der Waals surface area contributed by atoms with Crippen molar-refractivity contribution in [2.75, 3.05) is 20.5 Å². The summed E-state index contributed by atoms with van der Waals surface area (Å²) in [6, 6.07) is 8.14. The van der Waals surface area contributed by atoms with Crippen molar-refractivity contribution in [1.82, 2.24) is 5.43 Å². The standard InChI is InChI=1S/C18H18ClN3O5S/c1-26-15-7-11(6-14(22(24)25)18(15)27-2)10-20-21-17(23)9-12-8-13(19)4-5-16(12)28-3/h4-8,10H,9H2,1-3H3,(H,21,23)/b20-10-. The number of amides is 1. The Bertz CT molecular complexity index is 920. The normalized spacial score (nSPS) is 10.7. The highest BCUT2D eigenvalue weighted by atomic mass is 35.5. The van der Waals surface area contributed by atoms with Crippen molar-refractivity contribution in [3.63, 3.8) is 0 Å². The molecule has 2 aromatic rings. The van der Waals surface area contributed by atoms with Gasteiger partial charge in [0.2, 0.25) is 11.7 Å². The van der Waals surface area contributed by atoms with E-state index in [0.29, 0.717) is 10.6 Å². The number of nitrogens with one attached hydrogen (secondary N) is 1. The Kier molecular flexibility index (Phi) is 7.65. The maximum atomic E-state index is 12.2. The summed E-state index contributed by atoms with van der Waals surface area (Å²) >= 11 is 7.50. The van der Waals surface area contributed by atoms with Gasteiger partial charge in [-0.2, -0.15) is 5.10 Å². The molecule has 0 spiro atoms. The lowest BCUT2D eigenvalue weighted by molar-refractivity contribution is -0.385. The number of benzene rings is 2. The number of carbonyl (C=O) groups is 1. The molecule has 0 radical (unpaired) electrons. The molecule has 0 aromatic heterocycles. The van der Waals surface area contributed by atoms with Crippen molar-refractivity contribution in [3.05, 3.63) is 56.6 Å². The lowest BCUT2D eigenvalue weighted by Crippen LogP contribution is -2.20. The van der Waals surface area contributed by atoms with Crippen LogP contribution in [-0.2, 0) is 11.2 Å². The van der Waals surface area contributed by atoms with Crippen LogP contribution in [0.25, 0.3) is 0 Å². The maximum Gasteiger partial charge on any atom is 0.315 e. The number of thioether (sulfide) groups is 1. The molecule has 8 nitrogen and oxygen atoms in total. The van der Waals surface area contributed by atoms with Gasteiger partial charge in [-0.3, -0.25) is 14.9 Å². The minimum absolute atomic E-state index is 0.0132. The first-order valence-corrected chi connectivity index (χ1v) is 9.54. The Morgan fingerprint density at radius 1 is 1.32 bits per heavy atom. The molecule has 2 rings (SSSR count). The number of carbonyl (C=O) groups excluding carboxylic acids is 1. The van der Waals surface area contributed by atoms with Gasteiger partial charge in [0.15, 0.2) is 5.75 Å². The summed E-state index contributed by atoms with van der Waals surface area (Å²) in [7, 11) is 2.69. The van der Waals surface area contributed by atoms with Gasteiger partial charge in [0.1, 0.15) is 0 Å². The number of nitrogens with zero attached hydrogens (tertiary/aromatic N) is 2. The quantitative estimate of drug-likeness (QED) is 0.300. The highest BCUT2D eigenvalue weighted by Gasteiger charge is 2.21. The summed E-state index contributed by atoms with van der Waals surface area (Å²) in [5, 5.41) is 15.6. The minimum Gasteiger partial charge on any atom is -0.493 e. The number of rotatable bonds is 8. The highest BCUT2D eigenvalue weighted by molar-refractivity contribution is 7.98. The average Bonchev–Trinajstić information content (AvgIpc) is 2.67. The Hall–Kier alpha value is -2.78. The summed E-state index contributed by atoms with van der Waals surface area (Å²) in [6.07, 6.45) is 3.30. The fourth-order valence-electron chi connectivity index (χ4n) is 2.45. The van der Waals surface area contributed by atoms with Crippen molar-refractivity contribution < 1.29 is 19.2 Å². The molecule has 148 valence electrons. The fourth-order valence-corrected chi connectivity index (χ4v) is 3.24. The zero-order valence-corrected chi connectivity index (χ0v) is 17.0. The first-order valence-electron chi connectivity index (χ1n) is 7.94. The van der Waals surface area contributed by atoms with Gasteiger partial charge < -0.3 is 9.47 Å². The van der Waals surface area contributed by atoms with Crippen molar-refractivity contribution in [2.24, 2.45) is 5.10 Å². The van der Waals surface area contributed by atoms with Crippen LogP contribution in [0.5, 0.6) is 11.5 Å². The molecular formula is C18H18ClN3O5S. The SMILES string of the molecule is COc1cc(/C=N\NC(=O)Cc2cc(Cl)ccc2SC)cc([N+](=O)[O-])c1OC. The van der Waals surface area contributed by atoms with Gasteiger partial charge in [-0.05, 0) is 36.1 Å². The van der Waals surface area contributed by atoms with Crippen molar-refractivity contribution >= 4 is 41.2 Å². The van der Waals surface area contributed by atoms with Crippen LogP contribution in [-0.4, -0.2) is 37.5 Å². The molecule has 0 aliphatic heterocycles. The van der Waals surface area contributed by atoms with E-state index in [1.165, 1.54) is 44.3 Å². The second-order valence-electron chi connectivity index (χ2n) is 5.46. The van der Waals surface area contributed by atoms with Crippen LogP contribution in [0.2, 0.25) is 5.02 Å². The molecular weight excluding hydrogens is 406 g/mol. The zero-order chi connectivity index (χ0) is 20.7. The molecule has 0 unspecified atom stereocenters. The predicted molar refractivity (Wildman–Crippen MR) is 109 cm³/mol. The van der Waals surface area contributed by atoms with E-state index in [-0.39, 0.29) is 29.5 Å². The van der Waals surface area contributed by atoms with Crippen LogP contribution in [0.15, 0.2) is 40.3 Å². The molecule has 0 aliphatic carbocycles. The van der Waals surface area contributed by atoms with Gasteiger partial charge in [-0.15, -0.1) is 11.8 Å². The zero-order valence-electron chi connectivity index (χ0n) is 15.4. The molecule has 0 aliphatic rings. The third kappa shape index (κ3) is 5.37. The topological polar surface area (TPSA) is 103 Å². The average molecular weight is 424 g/mol. The first kappa shape index (κ1) is 21.5. The van der Waals surface area contributed by atoms with E-state index in [0.717, 1.165) is 10.5 Å². The molecule has 28 heavy (non-hydrogen) atoms. The van der Waals surface area contributed by atoms with Gasteiger partial charge in [-0.1, -0.05) is 11.6 Å². The van der Waals surface area contributed by atoms with Crippen LogP contribution >= 0.6 is 23.4 Å². The summed E-state index contributed by atoms with van der Waals surface area (Å²) in [5.41, 5.74) is 3.29. The van der Waals surface area contributed by atoms with E-state index in [1.54, 1.807) is 12.1 Å². The van der Waals surface area contributed by atoms with Crippen molar-refractivity contribution in [3.8, 4) is 11.5 Å². The van der Waals surface area contributed by atoms with Crippen LogP contribution in [0, 0.1) is 10.1 Å². The molecule has 1 amide bonds. The number of hydrazone groups is 1. The lowest BCUT2D eigenvalue weighted by Gasteiger charge is -2.09. The largest absolute Gasteiger partial charge is 0.493 e. The van der Waals surface area contributed by atoms with Gasteiger partial charge in [0.05, 0.1) is 31.8 Å². The second-order valence-corrected chi connectivity index (χ2v) is 6.74. The lowest BCUT2D eigenvalue weighted by atomic mass is 10.1. The molecule has 0 saturated heterocycles. The van der Waals surface area contributed by atoms with E-state index < -0.39 is 4.92 Å². The molecule has 1 N–H and O–H groups in total. The number of halogens is 1. The molecule has 0 fully saturated rings.